The van der Waals surface area contributed by atoms with E-state index in [4.69, 9.17) is 5.73 Å². The maximum absolute atomic E-state index is 11.8. The first-order chi connectivity index (χ1) is 7.16. The van der Waals surface area contributed by atoms with E-state index >= 15 is 0 Å². The van der Waals surface area contributed by atoms with Crippen LogP contribution >= 0.6 is 0 Å². The Morgan fingerprint density at radius 3 is 2.93 bits per heavy atom. The van der Waals surface area contributed by atoms with E-state index in [0.717, 1.165) is 4.57 Å². The molecule has 0 aromatic carbocycles. The zero-order valence-corrected chi connectivity index (χ0v) is 8.23. The lowest BCUT2D eigenvalue weighted by Gasteiger charge is -2.05. The first-order valence-electron chi connectivity index (χ1n) is 4.49. The zero-order chi connectivity index (χ0) is 11.0. The largest absolute Gasteiger partial charge is 0.339 e. The fourth-order valence-electron chi connectivity index (χ4n) is 1.52. The molecule has 3 N–H and O–H groups in total. The molecule has 2 aromatic heterocycles. The Hall–Kier alpha value is -1.89. The SMILES string of the molecule is Cn1c(=O)n(CCN)c(=O)c2[nH]cnc21. The summed E-state index contributed by atoms with van der Waals surface area (Å²) in [5.74, 6) is 0. The second kappa shape index (κ2) is 3.35. The minimum Gasteiger partial charge on any atom is -0.339 e. The van der Waals surface area contributed by atoms with E-state index in [1.807, 2.05) is 0 Å². The lowest BCUT2D eigenvalue weighted by atomic mass is 10.5. The number of hydrogen-bond acceptors (Lipinski definition) is 4. The van der Waals surface area contributed by atoms with Gasteiger partial charge in [0.25, 0.3) is 5.56 Å². The summed E-state index contributed by atoms with van der Waals surface area (Å²) in [7, 11) is 1.57. The Labute approximate surface area is 84.2 Å². The van der Waals surface area contributed by atoms with Crippen LogP contribution in [0.15, 0.2) is 15.9 Å². The molecule has 7 heteroatoms. The van der Waals surface area contributed by atoms with Gasteiger partial charge in [-0.25, -0.2) is 9.78 Å². The average molecular weight is 209 g/mol. The van der Waals surface area contributed by atoms with Gasteiger partial charge >= 0.3 is 5.69 Å². The molecule has 0 aliphatic carbocycles. The second-order valence-corrected chi connectivity index (χ2v) is 3.19. The molecule has 0 unspecified atom stereocenters. The summed E-state index contributed by atoms with van der Waals surface area (Å²) >= 11 is 0. The van der Waals surface area contributed by atoms with Crippen molar-refractivity contribution in [3.63, 3.8) is 0 Å². The van der Waals surface area contributed by atoms with Crippen molar-refractivity contribution in [3.8, 4) is 0 Å². The summed E-state index contributed by atoms with van der Waals surface area (Å²) in [6, 6.07) is 0. The van der Waals surface area contributed by atoms with Crippen LogP contribution in [0.1, 0.15) is 0 Å². The van der Waals surface area contributed by atoms with Gasteiger partial charge in [-0.2, -0.15) is 0 Å². The van der Waals surface area contributed by atoms with E-state index in [2.05, 4.69) is 9.97 Å². The van der Waals surface area contributed by atoms with Crippen molar-refractivity contribution in [2.75, 3.05) is 6.54 Å². The minimum absolute atomic E-state index is 0.209. The fourth-order valence-corrected chi connectivity index (χ4v) is 1.52. The molecular weight excluding hydrogens is 198 g/mol. The van der Waals surface area contributed by atoms with Gasteiger partial charge in [0.05, 0.1) is 6.33 Å². The van der Waals surface area contributed by atoms with E-state index in [-0.39, 0.29) is 18.6 Å². The monoisotopic (exact) mass is 209 g/mol. The molecule has 0 bridgehead atoms. The number of aromatic nitrogens is 4. The molecule has 7 nitrogen and oxygen atoms in total. The fraction of sp³-hybridized carbons (Fsp3) is 0.375. The molecule has 80 valence electrons. The molecule has 15 heavy (non-hydrogen) atoms. The van der Waals surface area contributed by atoms with Gasteiger partial charge in [0, 0.05) is 20.1 Å². The number of H-pyrrole nitrogens is 1. The van der Waals surface area contributed by atoms with Crippen LogP contribution in [0.4, 0.5) is 0 Å². The Bertz CT molecular complexity index is 606. The van der Waals surface area contributed by atoms with Gasteiger partial charge in [0.2, 0.25) is 0 Å². The standard InChI is InChI=1S/C8H11N5O2/c1-12-6-5(10-4-11-6)7(14)13(3-2-9)8(12)15/h4H,2-3,9H2,1H3,(H,10,11). The van der Waals surface area contributed by atoms with Crippen molar-refractivity contribution in [2.24, 2.45) is 12.8 Å². The van der Waals surface area contributed by atoms with E-state index in [0.29, 0.717) is 11.2 Å². The zero-order valence-electron chi connectivity index (χ0n) is 8.23. The quantitative estimate of drug-likeness (QED) is 0.621. The van der Waals surface area contributed by atoms with Crippen molar-refractivity contribution < 1.29 is 0 Å². The van der Waals surface area contributed by atoms with Crippen molar-refractivity contribution in [2.45, 2.75) is 6.54 Å². The lowest BCUT2D eigenvalue weighted by molar-refractivity contribution is 0.611. The highest BCUT2D eigenvalue weighted by Gasteiger charge is 2.11. The summed E-state index contributed by atoms with van der Waals surface area (Å²) < 4.78 is 2.42. The number of nitrogens with one attached hydrogen (secondary N) is 1. The smallest absolute Gasteiger partial charge is 0.332 e. The van der Waals surface area contributed by atoms with Crippen LogP contribution in [0.3, 0.4) is 0 Å². The minimum atomic E-state index is -0.398. The number of imidazole rings is 1. The molecule has 2 aromatic rings. The Morgan fingerprint density at radius 1 is 1.53 bits per heavy atom. The molecule has 2 rings (SSSR count). The Morgan fingerprint density at radius 2 is 2.27 bits per heavy atom. The molecule has 2 heterocycles. The first kappa shape index (κ1) is 9.66. The predicted octanol–water partition coefficient (Wildman–Crippen LogP) is -1.62. The summed E-state index contributed by atoms with van der Waals surface area (Å²) in [5, 5.41) is 0. The number of fused-ring (bicyclic) bond motifs is 1. The number of aryl methyl sites for hydroxylation is 1. The molecule has 0 amide bonds. The molecule has 0 saturated heterocycles. The van der Waals surface area contributed by atoms with Crippen molar-refractivity contribution in [1.82, 2.24) is 19.1 Å². The molecular formula is C8H11N5O2. The van der Waals surface area contributed by atoms with Crippen molar-refractivity contribution in [1.29, 1.82) is 0 Å². The Kier molecular flexibility index (Phi) is 2.16. The maximum Gasteiger partial charge on any atom is 0.332 e. The summed E-state index contributed by atoms with van der Waals surface area (Å²) in [6.07, 6.45) is 1.39. The molecule has 0 saturated carbocycles. The molecule has 0 fully saturated rings. The molecule has 0 radical (unpaired) electrons. The van der Waals surface area contributed by atoms with Crippen LogP contribution in [-0.4, -0.2) is 25.6 Å². The predicted molar refractivity (Wildman–Crippen MR) is 54.6 cm³/mol. The average Bonchev–Trinajstić information content (AvgIpc) is 2.70. The summed E-state index contributed by atoms with van der Waals surface area (Å²) in [4.78, 5) is 30.1. The van der Waals surface area contributed by atoms with Crippen LogP contribution in [-0.2, 0) is 13.6 Å². The first-order valence-corrected chi connectivity index (χ1v) is 4.49. The van der Waals surface area contributed by atoms with Gasteiger partial charge in [-0.15, -0.1) is 0 Å². The second-order valence-electron chi connectivity index (χ2n) is 3.19. The highest BCUT2D eigenvalue weighted by Crippen LogP contribution is 1.98. The van der Waals surface area contributed by atoms with Crippen molar-refractivity contribution in [3.05, 3.63) is 27.2 Å². The lowest BCUT2D eigenvalue weighted by Crippen LogP contribution is -2.40. The van der Waals surface area contributed by atoms with Gasteiger partial charge in [0.1, 0.15) is 5.52 Å². The molecule has 0 atom stereocenters. The van der Waals surface area contributed by atoms with E-state index < -0.39 is 5.69 Å². The third-order valence-electron chi connectivity index (χ3n) is 2.27. The molecule has 0 aliphatic rings. The van der Waals surface area contributed by atoms with Crippen LogP contribution in [0, 0.1) is 0 Å². The molecule has 0 aliphatic heterocycles. The third-order valence-corrected chi connectivity index (χ3v) is 2.27. The number of rotatable bonds is 2. The third kappa shape index (κ3) is 1.28. The van der Waals surface area contributed by atoms with E-state index in [9.17, 15) is 9.59 Å². The number of nitrogens with zero attached hydrogens (tertiary/aromatic N) is 3. The highest BCUT2D eigenvalue weighted by atomic mass is 16.2. The van der Waals surface area contributed by atoms with Gasteiger partial charge in [-0.1, -0.05) is 0 Å². The number of aromatic amines is 1. The normalized spacial score (nSPS) is 11.1. The van der Waals surface area contributed by atoms with Gasteiger partial charge in [-0.05, 0) is 0 Å². The topological polar surface area (TPSA) is 98.7 Å². The van der Waals surface area contributed by atoms with Gasteiger partial charge in [0.15, 0.2) is 5.65 Å². The maximum atomic E-state index is 11.8. The number of hydrogen-bond donors (Lipinski definition) is 2. The Balaban J connectivity index is 2.93. The highest BCUT2D eigenvalue weighted by molar-refractivity contribution is 5.68. The number of nitrogens with two attached hydrogens (primary N) is 1. The van der Waals surface area contributed by atoms with Gasteiger partial charge < -0.3 is 10.7 Å². The van der Waals surface area contributed by atoms with E-state index in [1.165, 1.54) is 10.9 Å². The van der Waals surface area contributed by atoms with Gasteiger partial charge in [-0.3, -0.25) is 13.9 Å². The van der Waals surface area contributed by atoms with Crippen LogP contribution in [0.2, 0.25) is 0 Å². The summed E-state index contributed by atoms with van der Waals surface area (Å²) in [5.41, 5.74) is 5.24. The molecule has 0 spiro atoms. The van der Waals surface area contributed by atoms with Crippen LogP contribution in [0.5, 0.6) is 0 Å². The van der Waals surface area contributed by atoms with Crippen LogP contribution in [0.25, 0.3) is 11.2 Å². The van der Waals surface area contributed by atoms with E-state index in [1.54, 1.807) is 7.05 Å². The summed E-state index contributed by atoms with van der Waals surface area (Å²) in [6.45, 7) is 0.454. The van der Waals surface area contributed by atoms with Crippen molar-refractivity contribution >= 4 is 11.2 Å². The van der Waals surface area contributed by atoms with Crippen LogP contribution < -0.4 is 17.0 Å².